The zero-order valence-corrected chi connectivity index (χ0v) is 27.3. The molecule has 6 rings (SSSR count). The molecule has 2 aromatic rings. The molecule has 1 aromatic carbocycles. The third-order valence-corrected chi connectivity index (χ3v) is 11.4. The third kappa shape index (κ3) is 6.51. The summed E-state index contributed by atoms with van der Waals surface area (Å²) in [4.78, 5) is 47.6. The second-order valence-electron chi connectivity index (χ2n) is 12.8. The van der Waals surface area contributed by atoms with Crippen molar-refractivity contribution >= 4 is 38.6 Å². The van der Waals surface area contributed by atoms with Gasteiger partial charge in [-0.15, -0.1) is 0 Å². The van der Waals surface area contributed by atoms with E-state index in [0.29, 0.717) is 61.7 Å². The SMILES string of the molecule is CCOc1cc(O[C@@H]2C[C@H]3C(=O)N[C@@]4(C(=O)NS(=O)(=O)C5CC5)C[C@H]4/C=C\CCCCN(C)C(=O)[C@@H]3C2)c2ccc(OC)cc2n1. The number of benzene rings is 1. The average Bonchev–Trinajstić information content (AvgIpc) is 3.95. The van der Waals surface area contributed by atoms with Gasteiger partial charge in [-0.25, -0.2) is 13.4 Å². The van der Waals surface area contributed by atoms with Crippen LogP contribution in [0.4, 0.5) is 0 Å². The first-order valence-electron chi connectivity index (χ1n) is 16.1. The van der Waals surface area contributed by atoms with Crippen molar-refractivity contribution < 1.29 is 37.0 Å². The van der Waals surface area contributed by atoms with E-state index in [1.54, 1.807) is 31.2 Å². The molecule has 3 amide bonds. The molecule has 5 atom stereocenters. The van der Waals surface area contributed by atoms with Crippen molar-refractivity contribution in [3.63, 3.8) is 0 Å². The summed E-state index contributed by atoms with van der Waals surface area (Å²) in [5.41, 5.74) is -0.766. The Balaban J connectivity index is 1.29. The highest BCUT2D eigenvalue weighted by atomic mass is 32.2. The Bertz CT molecular complexity index is 1660. The number of aromatic nitrogens is 1. The normalized spacial score (nSPS) is 29.2. The van der Waals surface area contributed by atoms with Crippen molar-refractivity contribution in [1.29, 1.82) is 0 Å². The molecule has 12 nitrogen and oxygen atoms in total. The molecule has 248 valence electrons. The molecule has 3 saturated carbocycles. The molecule has 0 radical (unpaired) electrons. The van der Waals surface area contributed by atoms with Gasteiger partial charge in [0.05, 0.1) is 36.3 Å². The second kappa shape index (κ2) is 12.7. The standard InChI is InChI=1S/C33H42N4O8S/c1-4-44-29-18-28(24-13-10-21(43-3)17-27(24)34-29)45-22-15-25-26(16-22)31(39)37(2)14-8-6-5-7-9-20-19-33(20,35-30(25)38)32(40)36-46(41,42)23-11-12-23/h7,9-10,13,17-18,20,22-23,25-26H,4-6,8,11-12,14-16,19H2,1-3H3,(H,35,38)(H,36,40)/b9-7-/t20-,22-,25-,26-,33+/m1/s1. The summed E-state index contributed by atoms with van der Waals surface area (Å²) in [5.74, 6) is -1.60. The number of nitrogens with zero attached hydrogens (tertiary/aromatic N) is 2. The number of nitrogens with one attached hydrogen (secondary N) is 2. The molecule has 0 bridgehead atoms. The Morgan fingerprint density at radius 3 is 2.67 bits per heavy atom. The van der Waals surface area contributed by atoms with Crippen LogP contribution in [-0.2, 0) is 24.4 Å². The molecule has 0 unspecified atom stereocenters. The first-order valence-corrected chi connectivity index (χ1v) is 17.7. The minimum atomic E-state index is -3.81. The number of pyridine rings is 1. The highest BCUT2D eigenvalue weighted by molar-refractivity contribution is 7.91. The summed E-state index contributed by atoms with van der Waals surface area (Å²) in [7, 11) is -0.485. The first kappa shape index (κ1) is 32.1. The highest BCUT2D eigenvalue weighted by Crippen LogP contribution is 2.47. The van der Waals surface area contributed by atoms with Gasteiger partial charge >= 0.3 is 0 Å². The number of hydrogen-bond acceptors (Lipinski definition) is 9. The van der Waals surface area contributed by atoms with Crippen LogP contribution in [0.15, 0.2) is 36.4 Å². The summed E-state index contributed by atoms with van der Waals surface area (Å²) < 4.78 is 45.2. The third-order valence-electron chi connectivity index (χ3n) is 9.54. The van der Waals surface area contributed by atoms with Crippen LogP contribution in [-0.4, -0.2) is 80.2 Å². The number of carbonyl (C=O) groups excluding carboxylic acids is 3. The number of allylic oxidation sites excluding steroid dienone is 1. The molecule has 1 aromatic heterocycles. The summed E-state index contributed by atoms with van der Waals surface area (Å²) >= 11 is 0. The lowest BCUT2D eigenvalue weighted by Gasteiger charge is -2.26. The molecule has 3 aliphatic carbocycles. The number of fused-ring (bicyclic) bond motifs is 3. The Hall–Kier alpha value is -3.87. The van der Waals surface area contributed by atoms with Crippen molar-refractivity contribution in [3.8, 4) is 17.4 Å². The van der Waals surface area contributed by atoms with E-state index >= 15 is 0 Å². The maximum atomic E-state index is 14.1. The highest BCUT2D eigenvalue weighted by Gasteiger charge is 2.62. The van der Waals surface area contributed by atoms with Gasteiger partial charge in [-0.1, -0.05) is 12.2 Å². The smallest absolute Gasteiger partial charge is 0.259 e. The minimum absolute atomic E-state index is 0.152. The molecule has 4 aliphatic rings. The number of sulfonamides is 1. The molecule has 3 fully saturated rings. The summed E-state index contributed by atoms with van der Waals surface area (Å²) in [6.07, 6.45) is 7.62. The molecule has 1 aliphatic heterocycles. The molecule has 2 heterocycles. The number of methoxy groups -OCH3 is 1. The number of amides is 3. The molecule has 2 N–H and O–H groups in total. The van der Waals surface area contributed by atoms with Crippen molar-refractivity contribution in [2.45, 2.75) is 75.2 Å². The van der Waals surface area contributed by atoms with Crippen LogP contribution in [0.5, 0.6) is 17.4 Å². The van der Waals surface area contributed by atoms with Crippen molar-refractivity contribution in [1.82, 2.24) is 19.9 Å². The van der Waals surface area contributed by atoms with E-state index in [1.807, 2.05) is 31.2 Å². The molecule has 13 heteroatoms. The van der Waals surface area contributed by atoms with E-state index in [2.05, 4.69) is 15.0 Å². The molecular weight excluding hydrogens is 612 g/mol. The molecule has 0 spiro atoms. The number of ether oxygens (including phenoxy) is 3. The van der Waals surface area contributed by atoms with Gasteiger partial charge in [-0.05, 0) is 70.4 Å². The van der Waals surface area contributed by atoms with E-state index in [9.17, 15) is 22.8 Å². The van der Waals surface area contributed by atoms with E-state index in [1.165, 1.54) is 0 Å². The van der Waals surface area contributed by atoms with Crippen LogP contribution in [0.3, 0.4) is 0 Å². The zero-order valence-electron chi connectivity index (χ0n) is 26.5. The van der Waals surface area contributed by atoms with Crippen LogP contribution in [0.1, 0.15) is 58.3 Å². The van der Waals surface area contributed by atoms with Crippen molar-refractivity contribution in [2.24, 2.45) is 17.8 Å². The van der Waals surface area contributed by atoms with Gasteiger partial charge in [-0.2, -0.15) is 0 Å². The van der Waals surface area contributed by atoms with Gasteiger partial charge in [-0.3, -0.25) is 19.1 Å². The largest absolute Gasteiger partial charge is 0.497 e. The van der Waals surface area contributed by atoms with Gasteiger partial charge in [0.2, 0.25) is 27.7 Å². The lowest BCUT2D eigenvalue weighted by Crippen LogP contribution is -2.54. The topological polar surface area (TPSA) is 153 Å². The van der Waals surface area contributed by atoms with Gasteiger partial charge in [0.1, 0.15) is 23.1 Å². The van der Waals surface area contributed by atoms with Gasteiger partial charge in [0.15, 0.2) is 0 Å². The fourth-order valence-corrected chi connectivity index (χ4v) is 8.03. The summed E-state index contributed by atoms with van der Waals surface area (Å²) in [5, 5.41) is 3.08. The summed E-state index contributed by atoms with van der Waals surface area (Å²) in [6, 6.07) is 7.16. The summed E-state index contributed by atoms with van der Waals surface area (Å²) in [6.45, 7) is 2.83. The number of hydrogen-bond donors (Lipinski definition) is 2. The first-order chi connectivity index (χ1) is 22.0. The van der Waals surface area contributed by atoms with Crippen LogP contribution < -0.4 is 24.2 Å². The Morgan fingerprint density at radius 2 is 1.93 bits per heavy atom. The van der Waals surface area contributed by atoms with E-state index in [4.69, 9.17) is 14.2 Å². The monoisotopic (exact) mass is 654 g/mol. The van der Waals surface area contributed by atoms with E-state index in [-0.39, 0.29) is 18.2 Å². The van der Waals surface area contributed by atoms with Gasteiger partial charge < -0.3 is 24.4 Å². The predicted octanol–water partition coefficient (Wildman–Crippen LogP) is 3.10. The van der Waals surface area contributed by atoms with Gasteiger partial charge in [0, 0.05) is 37.0 Å². The van der Waals surface area contributed by atoms with Crippen LogP contribution in [0.2, 0.25) is 0 Å². The van der Waals surface area contributed by atoms with Crippen molar-refractivity contribution in [3.05, 3.63) is 36.4 Å². The van der Waals surface area contributed by atoms with Gasteiger partial charge in [0.25, 0.3) is 5.91 Å². The number of rotatable bonds is 8. The lowest BCUT2D eigenvalue weighted by atomic mass is 9.93. The Morgan fingerprint density at radius 1 is 1.15 bits per heavy atom. The Labute approximate surface area is 269 Å². The van der Waals surface area contributed by atoms with Crippen LogP contribution in [0, 0.1) is 17.8 Å². The Kier molecular flexibility index (Phi) is 8.88. The molecular formula is C33H42N4O8S. The van der Waals surface area contributed by atoms with Crippen LogP contribution in [0.25, 0.3) is 10.9 Å². The fraction of sp³-hybridized carbons (Fsp3) is 0.576. The van der Waals surface area contributed by atoms with E-state index < -0.39 is 50.6 Å². The maximum absolute atomic E-state index is 14.1. The predicted molar refractivity (Wildman–Crippen MR) is 170 cm³/mol. The molecule has 0 saturated heterocycles. The molecule has 46 heavy (non-hydrogen) atoms. The van der Waals surface area contributed by atoms with E-state index in [0.717, 1.165) is 24.6 Å². The number of carbonyl (C=O) groups is 3. The lowest BCUT2D eigenvalue weighted by molar-refractivity contribution is -0.140. The van der Waals surface area contributed by atoms with Crippen LogP contribution >= 0.6 is 0 Å². The zero-order chi connectivity index (χ0) is 32.6. The quantitative estimate of drug-likeness (QED) is 0.409. The fourth-order valence-electron chi connectivity index (χ4n) is 6.67. The average molecular weight is 655 g/mol. The van der Waals surface area contributed by atoms with Crippen molar-refractivity contribution in [2.75, 3.05) is 27.3 Å². The second-order valence-corrected chi connectivity index (χ2v) is 14.8. The maximum Gasteiger partial charge on any atom is 0.259 e. The minimum Gasteiger partial charge on any atom is -0.497 e.